The molecule has 2 rings (SSSR count). The highest BCUT2D eigenvalue weighted by atomic mass is 16.5. The molecule has 0 radical (unpaired) electrons. The topological polar surface area (TPSA) is 74.3 Å². The van der Waals surface area contributed by atoms with Crippen LogP contribution in [0.25, 0.3) is 0 Å². The van der Waals surface area contributed by atoms with E-state index in [0.717, 1.165) is 37.4 Å². The molecule has 0 spiro atoms. The third-order valence-corrected chi connectivity index (χ3v) is 3.67. The van der Waals surface area contributed by atoms with Gasteiger partial charge in [0.25, 0.3) is 0 Å². The van der Waals surface area contributed by atoms with E-state index < -0.39 is 0 Å². The molecule has 6 nitrogen and oxygen atoms in total. The molecule has 0 saturated carbocycles. The second-order valence-electron chi connectivity index (χ2n) is 5.02. The van der Waals surface area contributed by atoms with E-state index >= 15 is 0 Å². The first-order valence-electron chi connectivity index (χ1n) is 6.90. The van der Waals surface area contributed by atoms with Crippen LogP contribution in [-0.4, -0.2) is 29.6 Å². The van der Waals surface area contributed by atoms with Crippen molar-refractivity contribution >= 4 is 0 Å². The number of aromatic nitrogens is 2. The van der Waals surface area contributed by atoms with E-state index in [0.29, 0.717) is 6.10 Å². The van der Waals surface area contributed by atoms with Crippen LogP contribution in [0.15, 0.2) is 6.07 Å². The molecule has 2 heterocycles. The maximum absolute atomic E-state index is 5.63. The molecule has 1 aromatic heterocycles. The molecule has 19 heavy (non-hydrogen) atoms. The summed E-state index contributed by atoms with van der Waals surface area (Å²) in [5, 5.41) is 4.42. The molecular weight excluding hydrogens is 244 g/mol. The zero-order valence-electron chi connectivity index (χ0n) is 11.8. The second kappa shape index (κ2) is 6.88. The number of nitrogens with two attached hydrogens (primary N) is 1. The van der Waals surface area contributed by atoms with Crippen molar-refractivity contribution in [1.29, 1.82) is 0 Å². The highest BCUT2D eigenvalue weighted by Crippen LogP contribution is 2.24. The molecule has 1 fully saturated rings. The minimum atomic E-state index is 0.0662. The summed E-state index contributed by atoms with van der Waals surface area (Å²) in [6.45, 7) is 0.917. The SMILES string of the molecule is COc1cc(C(CCCC2CCCO2)NN)nn1C. The van der Waals surface area contributed by atoms with Crippen molar-refractivity contribution in [3.63, 3.8) is 0 Å². The fourth-order valence-corrected chi connectivity index (χ4v) is 2.57. The van der Waals surface area contributed by atoms with Gasteiger partial charge in [-0.25, -0.2) is 4.68 Å². The number of methoxy groups -OCH3 is 1. The van der Waals surface area contributed by atoms with E-state index in [1.165, 1.54) is 12.8 Å². The summed E-state index contributed by atoms with van der Waals surface area (Å²) in [5.74, 6) is 6.37. The number of aryl methyl sites for hydroxylation is 1. The summed E-state index contributed by atoms with van der Waals surface area (Å²) >= 11 is 0. The van der Waals surface area contributed by atoms with Crippen LogP contribution >= 0.6 is 0 Å². The van der Waals surface area contributed by atoms with Gasteiger partial charge < -0.3 is 9.47 Å². The lowest BCUT2D eigenvalue weighted by molar-refractivity contribution is 0.101. The first-order chi connectivity index (χ1) is 9.24. The zero-order chi connectivity index (χ0) is 13.7. The van der Waals surface area contributed by atoms with Crippen LogP contribution in [0.2, 0.25) is 0 Å². The lowest BCUT2D eigenvalue weighted by Crippen LogP contribution is -2.28. The van der Waals surface area contributed by atoms with Crippen molar-refractivity contribution < 1.29 is 9.47 Å². The lowest BCUT2D eigenvalue weighted by Gasteiger charge is -2.14. The van der Waals surface area contributed by atoms with Crippen molar-refractivity contribution in [2.75, 3.05) is 13.7 Å². The molecular formula is C13H24N4O2. The van der Waals surface area contributed by atoms with Gasteiger partial charge in [-0.3, -0.25) is 11.3 Å². The first-order valence-corrected chi connectivity index (χ1v) is 6.90. The van der Waals surface area contributed by atoms with Crippen molar-refractivity contribution in [3.8, 4) is 5.88 Å². The first kappa shape index (κ1) is 14.3. The number of rotatable bonds is 7. The number of nitrogens with zero attached hydrogens (tertiary/aromatic N) is 2. The predicted molar refractivity (Wildman–Crippen MR) is 72.6 cm³/mol. The van der Waals surface area contributed by atoms with Gasteiger partial charge in [-0.05, 0) is 32.1 Å². The zero-order valence-corrected chi connectivity index (χ0v) is 11.8. The third-order valence-electron chi connectivity index (χ3n) is 3.67. The van der Waals surface area contributed by atoms with Gasteiger partial charge in [0.15, 0.2) is 0 Å². The quantitative estimate of drug-likeness (QED) is 0.575. The van der Waals surface area contributed by atoms with Crippen molar-refractivity contribution in [3.05, 3.63) is 11.8 Å². The molecule has 6 heteroatoms. The normalized spacial score (nSPS) is 20.7. The Balaban J connectivity index is 1.84. The van der Waals surface area contributed by atoms with E-state index in [2.05, 4.69) is 10.5 Å². The van der Waals surface area contributed by atoms with E-state index in [1.807, 2.05) is 13.1 Å². The van der Waals surface area contributed by atoms with E-state index in [-0.39, 0.29) is 6.04 Å². The molecule has 3 N–H and O–H groups in total. The predicted octanol–water partition coefficient (Wildman–Crippen LogP) is 1.28. The smallest absolute Gasteiger partial charge is 0.211 e. The Bertz CT molecular complexity index is 388. The average molecular weight is 268 g/mol. The van der Waals surface area contributed by atoms with Crippen molar-refractivity contribution in [2.45, 2.75) is 44.2 Å². The van der Waals surface area contributed by atoms with E-state index in [9.17, 15) is 0 Å². The Kier molecular flexibility index (Phi) is 5.18. The van der Waals surface area contributed by atoms with Crippen molar-refractivity contribution in [1.82, 2.24) is 15.2 Å². The minimum absolute atomic E-state index is 0.0662. The fraction of sp³-hybridized carbons (Fsp3) is 0.769. The molecule has 1 aliphatic rings. The number of nitrogens with one attached hydrogen (secondary N) is 1. The van der Waals surface area contributed by atoms with Gasteiger partial charge in [-0.2, -0.15) is 5.10 Å². The van der Waals surface area contributed by atoms with Crippen LogP contribution in [0.5, 0.6) is 5.88 Å². The molecule has 0 aliphatic carbocycles. The maximum atomic E-state index is 5.63. The lowest BCUT2D eigenvalue weighted by atomic mass is 10.0. The molecule has 1 aliphatic heterocycles. The summed E-state index contributed by atoms with van der Waals surface area (Å²) in [6, 6.07) is 1.99. The van der Waals surface area contributed by atoms with Crippen LogP contribution in [0, 0.1) is 0 Å². The van der Waals surface area contributed by atoms with Crippen LogP contribution in [-0.2, 0) is 11.8 Å². The van der Waals surface area contributed by atoms with Crippen LogP contribution < -0.4 is 16.0 Å². The molecule has 0 aromatic carbocycles. The largest absolute Gasteiger partial charge is 0.481 e. The Hall–Kier alpha value is -1.11. The summed E-state index contributed by atoms with van der Waals surface area (Å²) in [4.78, 5) is 0. The van der Waals surface area contributed by atoms with Crippen LogP contribution in [0.4, 0.5) is 0 Å². The fourth-order valence-electron chi connectivity index (χ4n) is 2.57. The van der Waals surface area contributed by atoms with Crippen molar-refractivity contribution in [2.24, 2.45) is 12.9 Å². The number of ether oxygens (including phenoxy) is 2. The molecule has 2 atom stereocenters. The van der Waals surface area contributed by atoms with E-state index in [4.69, 9.17) is 15.3 Å². The van der Waals surface area contributed by atoms with Gasteiger partial charge in [0, 0.05) is 19.7 Å². The third kappa shape index (κ3) is 3.68. The van der Waals surface area contributed by atoms with Gasteiger partial charge in [0.05, 0.1) is 24.9 Å². The van der Waals surface area contributed by atoms with Crippen LogP contribution in [0.1, 0.15) is 43.8 Å². The Labute approximate surface area is 114 Å². The monoisotopic (exact) mass is 268 g/mol. The molecule has 2 unspecified atom stereocenters. The Morgan fingerprint density at radius 2 is 2.53 bits per heavy atom. The van der Waals surface area contributed by atoms with Gasteiger partial charge >= 0.3 is 0 Å². The number of hydrazine groups is 1. The highest BCUT2D eigenvalue weighted by molar-refractivity contribution is 5.18. The summed E-state index contributed by atoms with van der Waals surface area (Å²) < 4.78 is 12.6. The van der Waals surface area contributed by atoms with Gasteiger partial charge in [0.1, 0.15) is 0 Å². The molecule has 0 amide bonds. The average Bonchev–Trinajstić information content (AvgIpc) is 3.04. The Morgan fingerprint density at radius 3 is 3.11 bits per heavy atom. The van der Waals surface area contributed by atoms with E-state index in [1.54, 1.807) is 11.8 Å². The molecule has 1 saturated heterocycles. The Morgan fingerprint density at radius 1 is 1.68 bits per heavy atom. The maximum Gasteiger partial charge on any atom is 0.211 e. The van der Waals surface area contributed by atoms with Gasteiger partial charge in [-0.15, -0.1) is 0 Å². The number of hydrogen-bond acceptors (Lipinski definition) is 5. The molecule has 0 bridgehead atoms. The second-order valence-corrected chi connectivity index (χ2v) is 5.02. The van der Waals surface area contributed by atoms with Crippen LogP contribution in [0.3, 0.4) is 0 Å². The highest BCUT2D eigenvalue weighted by Gasteiger charge is 2.18. The minimum Gasteiger partial charge on any atom is -0.481 e. The standard InChI is InChI=1S/C13H24N4O2/c1-17-13(18-2)9-12(16-17)11(15-14)7-3-5-10-6-4-8-19-10/h9-11,15H,3-8,14H2,1-2H3. The molecule has 108 valence electrons. The summed E-state index contributed by atoms with van der Waals surface area (Å²) in [6.07, 6.45) is 5.97. The summed E-state index contributed by atoms with van der Waals surface area (Å²) in [5.41, 5.74) is 3.76. The molecule has 1 aromatic rings. The summed E-state index contributed by atoms with van der Waals surface area (Å²) in [7, 11) is 3.51. The van der Waals surface area contributed by atoms with Gasteiger partial charge in [-0.1, -0.05) is 0 Å². The van der Waals surface area contributed by atoms with Gasteiger partial charge in [0.2, 0.25) is 5.88 Å². The number of hydrogen-bond donors (Lipinski definition) is 2.